The van der Waals surface area contributed by atoms with Crippen molar-refractivity contribution in [3.8, 4) is 0 Å². The van der Waals surface area contributed by atoms with Crippen molar-refractivity contribution in [2.45, 2.75) is 399 Å². The molecule has 0 fully saturated rings. The van der Waals surface area contributed by atoms with Crippen molar-refractivity contribution in [3.05, 3.63) is 48.6 Å². The van der Waals surface area contributed by atoms with Gasteiger partial charge in [-0.25, -0.2) is 0 Å². The van der Waals surface area contributed by atoms with E-state index in [0.717, 1.165) is 103 Å². The number of allylic oxidation sites excluding steroid dienone is 8. The van der Waals surface area contributed by atoms with Crippen molar-refractivity contribution in [1.82, 2.24) is 0 Å². The summed E-state index contributed by atoms with van der Waals surface area (Å²) in [7, 11) is 0. The minimum Gasteiger partial charge on any atom is -0.463 e. The summed E-state index contributed by atoms with van der Waals surface area (Å²) in [6, 6.07) is 0. The van der Waals surface area contributed by atoms with Gasteiger partial charge in [0.2, 0.25) is 0 Å². The zero-order valence-electron chi connectivity index (χ0n) is 58.4. The minimum absolute atomic E-state index is 0.0709. The monoisotopic (exact) mass is 1240 g/mol. The molecule has 0 radical (unpaired) electrons. The highest BCUT2D eigenvalue weighted by Gasteiger charge is 2.16. The van der Waals surface area contributed by atoms with E-state index >= 15 is 0 Å². The van der Waals surface area contributed by atoms with Crippen LogP contribution in [-0.4, -0.2) is 72.7 Å². The summed E-state index contributed by atoms with van der Waals surface area (Å²) in [6.07, 6.45) is 81.7. The number of rotatable bonds is 68. The molecule has 88 heavy (non-hydrogen) atoms. The molecule has 0 aromatic heterocycles. The molecule has 0 amide bonds. The second-order valence-electron chi connectivity index (χ2n) is 25.3. The fraction of sp³-hybridized carbons (Fsp3) is 0.846. The fourth-order valence-corrected chi connectivity index (χ4v) is 10.6. The van der Waals surface area contributed by atoms with E-state index in [1.165, 1.54) is 231 Å². The van der Waals surface area contributed by atoms with Crippen molar-refractivity contribution in [3.63, 3.8) is 0 Å². The number of aliphatic hydroxyl groups is 2. The van der Waals surface area contributed by atoms with Gasteiger partial charge in [-0.1, -0.05) is 282 Å². The maximum absolute atomic E-state index is 12.1. The van der Waals surface area contributed by atoms with Gasteiger partial charge in [-0.2, -0.15) is 0 Å². The Morgan fingerprint density at radius 3 is 0.693 bits per heavy atom. The van der Waals surface area contributed by atoms with Crippen LogP contribution in [0, 0.1) is 0 Å². The second-order valence-corrected chi connectivity index (χ2v) is 25.3. The van der Waals surface area contributed by atoms with E-state index in [1.807, 2.05) is 0 Å². The molecule has 2 N–H and O–H groups in total. The molecular weight excluding hydrogens is 1100 g/mol. The Kier molecular flexibility index (Phi) is 75.2. The Bertz CT molecular complexity index is 1510. The summed E-state index contributed by atoms with van der Waals surface area (Å²) in [5.41, 5.74) is 0. The van der Waals surface area contributed by atoms with Gasteiger partial charge < -0.3 is 29.2 Å². The Labute approximate surface area is 544 Å². The highest BCUT2D eigenvalue weighted by Crippen LogP contribution is 2.16. The van der Waals surface area contributed by atoms with Gasteiger partial charge in [-0.05, 0) is 128 Å². The topological polar surface area (TPSA) is 146 Å². The largest absolute Gasteiger partial charge is 0.463 e. The third kappa shape index (κ3) is 75.2. The number of aliphatic hydroxyl groups excluding tert-OH is 2. The lowest BCUT2D eigenvalue weighted by molar-refractivity contribution is -0.161. The zero-order valence-corrected chi connectivity index (χ0v) is 58.4. The average Bonchev–Trinajstić information content (AvgIpc) is 3.55. The molecule has 0 aromatic carbocycles. The van der Waals surface area contributed by atoms with Gasteiger partial charge in [0.1, 0.15) is 25.9 Å². The summed E-state index contributed by atoms with van der Waals surface area (Å²) in [5, 5.41) is 19.5. The molecular formula is C78H144O10. The van der Waals surface area contributed by atoms with Gasteiger partial charge in [0, 0.05) is 25.7 Å². The molecule has 0 aromatic rings. The van der Waals surface area contributed by atoms with E-state index in [9.17, 15) is 29.4 Å². The molecule has 0 aliphatic carbocycles. The predicted molar refractivity (Wildman–Crippen MR) is 374 cm³/mol. The van der Waals surface area contributed by atoms with E-state index in [-0.39, 0.29) is 50.3 Å². The van der Waals surface area contributed by atoms with Crippen LogP contribution in [0.4, 0.5) is 0 Å². The number of esters is 4. The predicted octanol–water partition coefficient (Wildman–Crippen LogP) is 23.0. The molecule has 0 bridgehead atoms. The molecule has 0 aliphatic rings. The SMILES string of the molecule is CCCCCCCC/C=C\CCCCCCCC(=O)OCC(O)COC(=O)CCCCCCC/C=C\CCCCCCCC.CCCCCCCC/C=C\CCCCCCCC(=O)OC[C@H](CO)OC(=O)CCCCCCC/C=C\CCCCCCCC. The van der Waals surface area contributed by atoms with Crippen LogP contribution >= 0.6 is 0 Å². The normalized spacial score (nSPS) is 12.0. The molecule has 0 rings (SSSR count). The third-order valence-corrected chi connectivity index (χ3v) is 16.4. The molecule has 0 unspecified atom stereocenters. The van der Waals surface area contributed by atoms with Crippen LogP contribution < -0.4 is 0 Å². The quantitative estimate of drug-likeness (QED) is 0.0261. The second kappa shape index (κ2) is 76.2. The molecule has 10 nitrogen and oxygen atoms in total. The molecule has 0 spiro atoms. The summed E-state index contributed by atoms with van der Waals surface area (Å²) in [6.45, 7) is 8.39. The molecule has 10 heteroatoms. The van der Waals surface area contributed by atoms with E-state index < -0.39 is 12.2 Å². The number of hydrogen-bond donors (Lipinski definition) is 2. The van der Waals surface area contributed by atoms with Gasteiger partial charge >= 0.3 is 23.9 Å². The third-order valence-electron chi connectivity index (χ3n) is 16.4. The van der Waals surface area contributed by atoms with Crippen molar-refractivity contribution in [1.29, 1.82) is 0 Å². The van der Waals surface area contributed by atoms with Crippen LogP contribution in [0.25, 0.3) is 0 Å². The molecule has 0 aliphatic heterocycles. The van der Waals surface area contributed by atoms with Crippen LogP contribution in [-0.2, 0) is 38.1 Å². The van der Waals surface area contributed by atoms with Crippen LogP contribution in [0.15, 0.2) is 48.6 Å². The van der Waals surface area contributed by atoms with Crippen molar-refractivity contribution < 1.29 is 48.3 Å². The smallest absolute Gasteiger partial charge is 0.306 e. The van der Waals surface area contributed by atoms with Gasteiger partial charge in [0.15, 0.2) is 6.10 Å². The maximum Gasteiger partial charge on any atom is 0.306 e. The minimum atomic E-state index is -0.967. The lowest BCUT2D eigenvalue weighted by Gasteiger charge is -2.15. The standard InChI is InChI=1S/2C39H72O5/c1-3-5-7-9-11-13-15-17-19-21-23-25-27-29-31-33-38(41)43-35-37(40)36-44-39(42)34-32-30-28-26-24-22-20-18-16-14-12-10-8-6-4-2;1-3-5-7-9-11-13-15-17-19-21-23-25-27-29-31-33-38(41)43-36-37(35-40)44-39(42)34-32-30-28-26-24-22-20-18-16-14-12-10-8-6-4-2/h2*17-20,37,40H,3-16,21-36H2,1-2H3/b2*19-17-,20-18-/t;37-/m.0/s1. The highest BCUT2D eigenvalue weighted by molar-refractivity contribution is 5.70. The summed E-state index contributed by atoms with van der Waals surface area (Å²) in [4.78, 5) is 48.1. The highest BCUT2D eigenvalue weighted by atomic mass is 16.6. The first-order valence-corrected chi connectivity index (χ1v) is 37.8. The number of unbranched alkanes of at least 4 members (excludes halogenated alkanes) is 44. The van der Waals surface area contributed by atoms with Crippen LogP contribution in [0.5, 0.6) is 0 Å². The van der Waals surface area contributed by atoms with Crippen LogP contribution in [0.3, 0.4) is 0 Å². The van der Waals surface area contributed by atoms with Gasteiger partial charge in [0.25, 0.3) is 0 Å². The number of hydrogen-bond acceptors (Lipinski definition) is 10. The van der Waals surface area contributed by atoms with Crippen molar-refractivity contribution in [2.24, 2.45) is 0 Å². The van der Waals surface area contributed by atoms with Crippen LogP contribution in [0.1, 0.15) is 387 Å². The van der Waals surface area contributed by atoms with E-state index in [4.69, 9.17) is 18.9 Å². The fourth-order valence-electron chi connectivity index (χ4n) is 10.6. The van der Waals surface area contributed by atoms with Gasteiger partial charge in [-0.3, -0.25) is 19.2 Å². The first-order valence-electron chi connectivity index (χ1n) is 37.8. The Morgan fingerprint density at radius 2 is 0.466 bits per heavy atom. The summed E-state index contributed by atoms with van der Waals surface area (Å²) >= 11 is 0. The van der Waals surface area contributed by atoms with E-state index in [0.29, 0.717) is 25.7 Å². The first kappa shape index (κ1) is 86.8. The molecule has 1 atom stereocenters. The first-order chi connectivity index (χ1) is 43.2. The molecule has 0 heterocycles. The van der Waals surface area contributed by atoms with Crippen molar-refractivity contribution >= 4 is 23.9 Å². The Hall–Kier alpha value is -3.24. The number of ether oxygens (including phenoxy) is 4. The number of carbonyl (C=O) groups excluding carboxylic acids is 4. The zero-order chi connectivity index (χ0) is 64.4. The van der Waals surface area contributed by atoms with Gasteiger partial charge in [-0.15, -0.1) is 0 Å². The Morgan fingerprint density at radius 1 is 0.273 bits per heavy atom. The average molecular weight is 1240 g/mol. The lowest BCUT2D eigenvalue weighted by Crippen LogP contribution is -2.28. The maximum atomic E-state index is 12.1. The van der Waals surface area contributed by atoms with Crippen LogP contribution in [0.2, 0.25) is 0 Å². The lowest BCUT2D eigenvalue weighted by atomic mass is 10.1. The Balaban J connectivity index is 0. The molecule has 516 valence electrons. The van der Waals surface area contributed by atoms with E-state index in [2.05, 4.69) is 76.3 Å². The molecule has 0 saturated heterocycles. The molecule has 0 saturated carbocycles. The summed E-state index contributed by atoms with van der Waals surface area (Å²) < 4.78 is 20.9. The van der Waals surface area contributed by atoms with Crippen molar-refractivity contribution in [2.75, 3.05) is 26.4 Å². The number of carbonyl (C=O) groups is 4. The van der Waals surface area contributed by atoms with E-state index in [1.54, 1.807) is 0 Å². The summed E-state index contributed by atoms with van der Waals surface area (Å²) in [5.74, 6) is -1.19. The van der Waals surface area contributed by atoms with Gasteiger partial charge in [0.05, 0.1) is 6.61 Å².